The number of rotatable bonds is 5. The zero-order valence-electron chi connectivity index (χ0n) is 10.0. The number of aromatic nitrogens is 3. The van der Waals surface area contributed by atoms with E-state index >= 15 is 0 Å². The molecule has 0 aliphatic rings. The van der Waals surface area contributed by atoms with E-state index in [1.807, 2.05) is 20.8 Å². The Morgan fingerprint density at radius 1 is 1.62 bits per heavy atom. The lowest BCUT2D eigenvalue weighted by Crippen LogP contribution is -2.42. The molecule has 6 nitrogen and oxygen atoms in total. The normalized spacial score (nSPS) is 11.5. The fourth-order valence-corrected chi connectivity index (χ4v) is 1.10. The van der Waals surface area contributed by atoms with Crippen molar-refractivity contribution in [2.24, 2.45) is 5.73 Å². The Kier molecular flexibility index (Phi) is 4.00. The summed E-state index contributed by atoms with van der Waals surface area (Å²) in [5.41, 5.74) is 5.48. The summed E-state index contributed by atoms with van der Waals surface area (Å²) in [6, 6.07) is 0. The maximum absolute atomic E-state index is 11.8. The SMILES string of the molecule is CCC(C)(C)NC(=O)c1cn(CCN)nn1. The van der Waals surface area contributed by atoms with Gasteiger partial charge in [-0.3, -0.25) is 9.48 Å². The molecule has 0 radical (unpaired) electrons. The largest absolute Gasteiger partial charge is 0.346 e. The second-order valence-electron chi connectivity index (χ2n) is 4.35. The lowest BCUT2D eigenvalue weighted by atomic mass is 10.0. The summed E-state index contributed by atoms with van der Waals surface area (Å²) in [5, 5.41) is 10.5. The van der Waals surface area contributed by atoms with Crippen LogP contribution >= 0.6 is 0 Å². The molecule has 1 aromatic heterocycles. The predicted octanol–water partition coefficient (Wildman–Crippen LogP) is 0.155. The van der Waals surface area contributed by atoms with Gasteiger partial charge >= 0.3 is 0 Å². The molecule has 0 bridgehead atoms. The first-order valence-corrected chi connectivity index (χ1v) is 5.41. The van der Waals surface area contributed by atoms with Gasteiger partial charge in [-0.2, -0.15) is 0 Å². The Hall–Kier alpha value is -1.43. The van der Waals surface area contributed by atoms with E-state index in [4.69, 9.17) is 5.73 Å². The van der Waals surface area contributed by atoms with Gasteiger partial charge in [0, 0.05) is 12.1 Å². The minimum atomic E-state index is -0.227. The smallest absolute Gasteiger partial charge is 0.273 e. The third kappa shape index (κ3) is 3.30. The van der Waals surface area contributed by atoms with Crippen molar-refractivity contribution in [3.63, 3.8) is 0 Å². The molecule has 0 saturated carbocycles. The first-order valence-electron chi connectivity index (χ1n) is 5.41. The first-order chi connectivity index (χ1) is 7.48. The van der Waals surface area contributed by atoms with Gasteiger partial charge in [0.05, 0.1) is 12.7 Å². The Morgan fingerprint density at radius 2 is 2.31 bits per heavy atom. The zero-order chi connectivity index (χ0) is 12.2. The van der Waals surface area contributed by atoms with Gasteiger partial charge in [0.25, 0.3) is 5.91 Å². The van der Waals surface area contributed by atoms with Crippen molar-refractivity contribution in [1.29, 1.82) is 0 Å². The van der Waals surface area contributed by atoms with Gasteiger partial charge in [-0.05, 0) is 20.3 Å². The van der Waals surface area contributed by atoms with Crippen LogP contribution in [0.15, 0.2) is 6.20 Å². The number of carbonyl (C=O) groups excluding carboxylic acids is 1. The molecule has 16 heavy (non-hydrogen) atoms. The third-order valence-corrected chi connectivity index (χ3v) is 2.47. The molecule has 0 aromatic carbocycles. The molecule has 0 atom stereocenters. The number of hydrogen-bond donors (Lipinski definition) is 2. The average molecular weight is 225 g/mol. The topological polar surface area (TPSA) is 85.8 Å². The van der Waals surface area contributed by atoms with Crippen molar-refractivity contribution in [3.8, 4) is 0 Å². The standard InChI is InChI=1S/C10H19N5O/c1-4-10(2,3)12-9(16)8-7-15(6-5-11)14-13-8/h7H,4-6,11H2,1-3H3,(H,12,16). The number of amides is 1. The molecule has 0 unspecified atom stereocenters. The van der Waals surface area contributed by atoms with E-state index in [9.17, 15) is 4.79 Å². The number of carbonyl (C=O) groups is 1. The van der Waals surface area contributed by atoms with Crippen LogP contribution in [0, 0.1) is 0 Å². The summed E-state index contributed by atoms with van der Waals surface area (Å²) < 4.78 is 1.56. The van der Waals surface area contributed by atoms with Gasteiger partial charge in [0.1, 0.15) is 0 Å². The molecule has 0 fully saturated rings. The molecule has 1 aromatic rings. The molecule has 0 aliphatic carbocycles. The van der Waals surface area contributed by atoms with Crippen molar-refractivity contribution in [3.05, 3.63) is 11.9 Å². The average Bonchev–Trinajstić information content (AvgIpc) is 2.66. The van der Waals surface area contributed by atoms with E-state index in [1.165, 1.54) is 0 Å². The van der Waals surface area contributed by atoms with E-state index < -0.39 is 0 Å². The van der Waals surface area contributed by atoms with Gasteiger partial charge in [-0.1, -0.05) is 12.1 Å². The molecule has 0 aliphatic heterocycles. The first kappa shape index (κ1) is 12.6. The minimum Gasteiger partial charge on any atom is -0.346 e. The number of nitrogens with two attached hydrogens (primary N) is 1. The van der Waals surface area contributed by atoms with Crippen molar-refractivity contribution in [2.75, 3.05) is 6.54 Å². The minimum absolute atomic E-state index is 0.199. The number of hydrogen-bond acceptors (Lipinski definition) is 4. The molecule has 1 heterocycles. The molecule has 6 heteroatoms. The van der Waals surface area contributed by atoms with Crippen LogP contribution in [0.5, 0.6) is 0 Å². The van der Waals surface area contributed by atoms with Crippen LogP contribution in [-0.2, 0) is 6.54 Å². The van der Waals surface area contributed by atoms with Crippen LogP contribution in [-0.4, -0.2) is 33.0 Å². The van der Waals surface area contributed by atoms with Crippen LogP contribution in [0.25, 0.3) is 0 Å². The molecule has 0 saturated heterocycles. The highest BCUT2D eigenvalue weighted by atomic mass is 16.2. The fraction of sp³-hybridized carbons (Fsp3) is 0.700. The maximum Gasteiger partial charge on any atom is 0.273 e. The van der Waals surface area contributed by atoms with Crippen LogP contribution < -0.4 is 11.1 Å². The molecular weight excluding hydrogens is 206 g/mol. The lowest BCUT2D eigenvalue weighted by molar-refractivity contribution is 0.0906. The molecule has 3 N–H and O–H groups in total. The van der Waals surface area contributed by atoms with Gasteiger partial charge in [-0.25, -0.2) is 0 Å². The highest BCUT2D eigenvalue weighted by Crippen LogP contribution is 2.08. The van der Waals surface area contributed by atoms with Crippen molar-refractivity contribution >= 4 is 5.91 Å². The van der Waals surface area contributed by atoms with E-state index in [-0.39, 0.29) is 11.4 Å². The van der Waals surface area contributed by atoms with E-state index in [2.05, 4.69) is 15.6 Å². The van der Waals surface area contributed by atoms with Gasteiger partial charge in [-0.15, -0.1) is 5.10 Å². The number of nitrogens with zero attached hydrogens (tertiary/aromatic N) is 3. The fourth-order valence-electron chi connectivity index (χ4n) is 1.10. The Morgan fingerprint density at radius 3 is 2.88 bits per heavy atom. The quantitative estimate of drug-likeness (QED) is 0.747. The van der Waals surface area contributed by atoms with Gasteiger partial charge in [0.15, 0.2) is 5.69 Å². The molecular formula is C10H19N5O. The van der Waals surface area contributed by atoms with Gasteiger partial charge in [0.2, 0.25) is 0 Å². The molecule has 1 amide bonds. The van der Waals surface area contributed by atoms with Crippen molar-refractivity contribution in [2.45, 2.75) is 39.3 Å². The second-order valence-corrected chi connectivity index (χ2v) is 4.35. The summed E-state index contributed by atoms with van der Waals surface area (Å²) in [6.07, 6.45) is 2.46. The lowest BCUT2D eigenvalue weighted by Gasteiger charge is -2.23. The Balaban J connectivity index is 2.66. The Labute approximate surface area is 95.2 Å². The van der Waals surface area contributed by atoms with Crippen LogP contribution in [0.1, 0.15) is 37.7 Å². The summed E-state index contributed by atoms with van der Waals surface area (Å²) >= 11 is 0. The molecule has 90 valence electrons. The summed E-state index contributed by atoms with van der Waals surface area (Å²) in [4.78, 5) is 11.8. The van der Waals surface area contributed by atoms with E-state index in [1.54, 1.807) is 10.9 Å². The Bertz CT molecular complexity index is 358. The summed E-state index contributed by atoms with van der Waals surface area (Å²) in [5.74, 6) is -0.199. The van der Waals surface area contributed by atoms with Crippen molar-refractivity contribution in [1.82, 2.24) is 20.3 Å². The maximum atomic E-state index is 11.8. The monoisotopic (exact) mass is 225 g/mol. The highest BCUT2D eigenvalue weighted by Gasteiger charge is 2.20. The van der Waals surface area contributed by atoms with Crippen LogP contribution in [0.2, 0.25) is 0 Å². The summed E-state index contributed by atoms with van der Waals surface area (Å²) in [6.45, 7) is 7.00. The van der Waals surface area contributed by atoms with Crippen LogP contribution in [0.3, 0.4) is 0 Å². The van der Waals surface area contributed by atoms with E-state index in [0.29, 0.717) is 18.8 Å². The summed E-state index contributed by atoms with van der Waals surface area (Å²) in [7, 11) is 0. The second kappa shape index (κ2) is 5.07. The highest BCUT2D eigenvalue weighted by molar-refractivity contribution is 5.92. The molecule has 0 spiro atoms. The third-order valence-electron chi connectivity index (χ3n) is 2.47. The van der Waals surface area contributed by atoms with E-state index in [0.717, 1.165) is 6.42 Å². The predicted molar refractivity (Wildman–Crippen MR) is 60.9 cm³/mol. The zero-order valence-corrected chi connectivity index (χ0v) is 10.0. The van der Waals surface area contributed by atoms with Gasteiger partial charge < -0.3 is 11.1 Å². The molecule has 1 rings (SSSR count). The van der Waals surface area contributed by atoms with Crippen molar-refractivity contribution < 1.29 is 4.79 Å². The van der Waals surface area contributed by atoms with Crippen LogP contribution in [0.4, 0.5) is 0 Å². The number of nitrogens with one attached hydrogen (secondary N) is 1.